The topological polar surface area (TPSA) is 66.5 Å². The summed E-state index contributed by atoms with van der Waals surface area (Å²) in [5.41, 5.74) is 7.70. The van der Waals surface area contributed by atoms with Crippen molar-refractivity contribution in [2.24, 2.45) is 0 Å². The van der Waals surface area contributed by atoms with Crippen LogP contribution >= 0.6 is 11.6 Å². The molecule has 1 aliphatic rings. The van der Waals surface area contributed by atoms with E-state index in [4.69, 9.17) is 16.3 Å². The third-order valence-corrected chi connectivity index (χ3v) is 4.65. The number of amides is 1. The zero-order valence-electron chi connectivity index (χ0n) is 15.1. The van der Waals surface area contributed by atoms with Gasteiger partial charge in [-0.05, 0) is 50.6 Å². The molecule has 1 aliphatic heterocycles. The average molecular weight is 375 g/mol. The number of nitrogens with zero attached hydrogens (tertiary/aromatic N) is 2. The summed E-state index contributed by atoms with van der Waals surface area (Å²) in [6, 6.07) is 9.13. The molecule has 2 atom stereocenters. The molecule has 1 fully saturated rings. The number of hydrogen-bond acceptors (Lipinski definition) is 5. The van der Waals surface area contributed by atoms with Gasteiger partial charge >= 0.3 is 0 Å². The van der Waals surface area contributed by atoms with Crippen LogP contribution in [0, 0.1) is 6.92 Å². The highest BCUT2D eigenvalue weighted by molar-refractivity contribution is 6.31. The number of carbonyl (C=O) groups is 1. The fourth-order valence-corrected chi connectivity index (χ4v) is 3.12. The summed E-state index contributed by atoms with van der Waals surface area (Å²) in [4.78, 5) is 18.9. The third-order valence-electron chi connectivity index (χ3n) is 4.25. The lowest BCUT2D eigenvalue weighted by molar-refractivity contribution is -0.00546. The summed E-state index contributed by atoms with van der Waals surface area (Å²) >= 11 is 6.08. The molecule has 1 aromatic heterocycles. The van der Waals surface area contributed by atoms with Crippen molar-refractivity contribution in [2.45, 2.75) is 33.0 Å². The summed E-state index contributed by atoms with van der Waals surface area (Å²) in [7, 11) is 0. The second kappa shape index (κ2) is 7.93. The maximum atomic E-state index is 12.3. The van der Waals surface area contributed by atoms with Crippen LogP contribution in [0.1, 0.15) is 29.8 Å². The summed E-state index contributed by atoms with van der Waals surface area (Å²) in [6.45, 7) is 7.60. The first-order chi connectivity index (χ1) is 12.4. The van der Waals surface area contributed by atoms with Crippen LogP contribution in [-0.2, 0) is 4.74 Å². The third kappa shape index (κ3) is 4.45. The molecule has 1 amide bonds. The Kier molecular flexibility index (Phi) is 5.64. The molecule has 3 rings (SSSR count). The van der Waals surface area contributed by atoms with Gasteiger partial charge in [0.15, 0.2) is 0 Å². The van der Waals surface area contributed by atoms with Crippen molar-refractivity contribution in [3.8, 4) is 0 Å². The number of morpholine rings is 1. The first-order valence-electron chi connectivity index (χ1n) is 8.61. The molecule has 2 aromatic rings. The standard InChI is InChI=1S/C19H23ClN4O2/c1-12-4-6-16(8-17(12)20)22-23-19(25)15-5-7-18(21-9-15)24-10-13(2)26-14(3)11-24/h4-9,13-14,22H,10-11H2,1-3H3,(H,23,25)/t13-,14+. The maximum Gasteiger partial charge on any atom is 0.271 e. The normalized spacial score (nSPS) is 19.9. The van der Waals surface area contributed by atoms with E-state index in [9.17, 15) is 4.79 Å². The van der Waals surface area contributed by atoms with Crippen molar-refractivity contribution >= 4 is 29.0 Å². The number of pyridine rings is 1. The number of ether oxygens (including phenoxy) is 1. The van der Waals surface area contributed by atoms with E-state index in [0.29, 0.717) is 10.6 Å². The van der Waals surface area contributed by atoms with E-state index in [-0.39, 0.29) is 18.1 Å². The number of aromatic nitrogens is 1. The quantitative estimate of drug-likeness (QED) is 0.803. The minimum atomic E-state index is -0.260. The van der Waals surface area contributed by atoms with Crippen LogP contribution in [0.25, 0.3) is 0 Å². The van der Waals surface area contributed by atoms with Crippen molar-refractivity contribution < 1.29 is 9.53 Å². The molecule has 2 N–H and O–H groups in total. The van der Waals surface area contributed by atoms with Gasteiger partial charge in [-0.2, -0.15) is 0 Å². The van der Waals surface area contributed by atoms with Gasteiger partial charge in [0.1, 0.15) is 5.82 Å². The monoisotopic (exact) mass is 374 g/mol. The Hall–Kier alpha value is -2.31. The van der Waals surface area contributed by atoms with Gasteiger partial charge in [0.2, 0.25) is 0 Å². The molecular weight excluding hydrogens is 352 g/mol. The number of nitrogens with one attached hydrogen (secondary N) is 2. The number of rotatable bonds is 4. The zero-order valence-corrected chi connectivity index (χ0v) is 15.9. The number of halogens is 1. The van der Waals surface area contributed by atoms with E-state index in [0.717, 1.165) is 30.2 Å². The van der Waals surface area contributed by atoms with Gasteiger partial charge in [0, 0.05) is 24.3 Å². The molecule has 0 unspecified atom stereocenters. The van der Waals surface area contributed by atoms with Crippen LogP contribution in [0.15, 0.2) is 36.5 Å². The molecule has 6 nitrogen and oxygen atoms in total. The van der Waals surface area contributed by atoms with Gasteiger partial charge in [-0.15, -0.1) is 0 Å². The number of carbonyl (C=O) groups excluding carboxylic acids is 1. The SMILES string of the molecule is Cc1ccc(NNC(=O)c2ccc(N3C[C@@H](C)O[C@@H](C)C3)nc2)cc1Cl. The summed E-state index contributed by atoms with van der Waals surface area (Å²) in [5, 5.41) is 0.643. The van der Waals surface area contributed by atoms with Crippen molar-refractivity contribution in [1.82, 2.24) is 10.4 Å². The minimum absolute atomic E-state index is 0.161. The van der Waals surface area contributed by atoms with Gasteiger partial charge in [0.25, 0.3) is 5.91 Å². The molecular formula is C19H23ClN4O2. The van der Waals surface area contributed by atoms with Crippen LogP contribution in [-0.4, -0.2) is 36.2 Å². The Labute approximate surface area is 158 Å². The van der Waals surface area contributed by atoms with Crippen LogP contribution < -0.4 is 15.8 Å². The molecule has 138 valence electrons. The minimum Gasteiger partial charge on any atom is -0.372 e. The molecule has 26 heavy (non-hydrogen) atoms. The smallest absolute Gasteiger partial charge is 0.271 e. The Bertz CT molecular complexity index is 772. The molecule has 7 heteroatoms. The zero-order chi connectivity index (χ0) is 18.7. The molecule has 0 saturated carbocycles. The molecule has 0 spiro atoms. The number of hydrogen-bond donors (Lipinski definition) is 2. The van der Waals surface area contributed by atoms with Crippen LogP contribution in [0.4, 0.5) is 11.5 Å². The van der Waals surface area contributed by atoms with Gasteiger partial charge in [0.05, 0.1) is 23.5 Å². The van der Waals surface area contributed by atoms with Gasteiger partial charge in [-0.1, -0.05) is 17.7 Å². The first-order valence-corrected chi connectivity index (χ1v) is 8.99. The van der Waals surface area contributed by atoms with Gasteiger partial charge < -0.3 is 9.64 Å². The van der Waals surface area contributed by atoms with Crippen molar-refractivity contribution in [2.75, 3.05) is 23.4 Å². The lowest BCUT2D eigenvalue weighted by Gasteiger charge is -2.36. The second-order valence-corrected chi connectivity index (χ2v) is 7.02. The second-order valence-electron chi connectivity index (χ2n) is 6.61. The molecule has 1 aromatic carbocycles. The predicted molar refractivity (Wildman–Crippen MR) is 104 cm³/mol. The van der Waals surface area contributed by atoms with Crippen molar-refractivity contribution in [3.63, 3.8) is 0 Å². The van der Waals surface area contributed by atoms with Gasteiger partial charge in [-0.25, -0.2) is 4.98 Å². The van der Waals surface area contributed by atoms with Crippen molar-refractivity contribution in [3.05, 3.63) is 52.7 Å². The molecule has 2 heterocycles. The molecule has 0 aliphatic carbocycles. The molecule has 0 radical (unpaired) electrons. The fraction of sp³-hybridized carbons (Fsp3) is 0.368. The Morgan fingerprint density at radius 2 is 1.96 bits per heavy atom. The van der Waals surface area contributed by atoms with E-state index in [1.165, 1.54) is 0 Å². The van der Waals surface area contributed by atoms with Gasteiger partial charge in [-0.3, -0.25) is 15.6 Å². The Balaban J connectivity index is 1.60. The summed E-state index contributed by atoms with van der Waals surface area (Å²) < 4.78 is 5.74. The number of aryl methyl sites for hydroxylation is 1. The van der Waals surface area contributed by atoms with E-state index in [1.807, 2.05) is 39.0 Å². The number of hydrazine groups is 1. The van der Waals surface area contributed by atoms with Crippen molar-refractivity contribution in [1.29, 1.82) is 0 Å². The van der Waals surface area contributed by atoms with Crippen LogP contribution in [0.3, 0.4) is 0 Å². The van der Waals surface area contributed by atoms with E-state index < -0.39 is 0 Å². The Morgan fingerprint density at radius 1 is 1.23 bits per heavy atom. The highest BCUT2D eigenvalue weighted by Gasteiger charge is 2.23. The van der Waals surface area contributed by atoms with E-state index in [1.54, 1.807) is 18.3 Å². The highest BCUT2D eigenvalue weighted by atomic mass is 35.5. The summed E-state index contributed by atoms with van der Waals surface area (Å²) in [6.07, 6.45) is 1.90. The number of benzene rings is 1. The lowest BCUT2D eigenvalue weighted by atomic mass is 10.2. The van der Waals surface area contributed by atoms with Crippen LogP contribution in [0.2, 0.25) is 5.02 Å². The Morgan fingerprint density at radius 3 is 2.58 bits per heavy atom. The molecule has 0 bridgehead atoms. The lowest BCUT2D eigenvalue weighted by Crippen LogP contribution is -2.45. The van der Waals surface area contributed by atoms with Crippen LogP contribution in [0.5, 0.6) is 0 Å². The largest absolute Gasteiger partial charge is 0.372 e. The summed E-state index contributed by atoms with van der Waals surface area (Å²) in [5.74, 6) is 0.589. The number of anilines is 2. The van der Waals surface area contributed by atoms with E-state index in [2.05, 4.69) is 20.7 Å². The fourth-order valence-electron chi connectivity index (χ4n) is 2.94. The average Bonchev–Trinajstić information content (AvgIpc) is 2.62. The predicted octanol–water partition coefficient (Wildman–Crippen LogP) is 3.41. The molecule has 1 saturated heterocycles. The maximum absolute atomic E-state index is 12.3. The van der Waals surface area contributed by atoms with E-state index >= 15 is 0 Å². The first kappa shape index (κ1) is 18.5. The highest BCUT2D eigenvalue weighted by Crippen LogP contribution is 2.20.